The molecule has 1 aliphatic carbocycles. The highest BCUT2D eigenvalue weighted by molar-refractivity contribution is 5.56. The standard InChI is InChI=1S/C11H15FN2/c1-14(7-8-2-3-8)11-5-9(12)4-10(13)6-11/h4-6,8H,2-3,7,13H2,1H3. The minimum atomic E-state index is -0.261. The van der Waals surface area contributed by atoms with Crippen LogP contribution in [-0.2, 0) is 0 Å². The summed E-state index contributed by atoms with van der Waals surface area (Å²) in [6.45, 7) is 1.00. The SMILES string of the molecule is CN(CC1CC1)c1cc(N)cc(F)c1. The number of anilines is 2. The van der Waals surface area contributed by atoms with Gasteiger partial charge in [0.1, 0.15) is 5.82 Å². The van der Waals surface area contributed by atoms with Gasteiger partial charge in [-0.25, -0.2) is 4.39 Å². The quantitative estimate of drug-likeness (QED) is 0.748. The second kappa shape index (κ2) is 3.48. The number of nitrogens with zero attached hydrogens (tertiary/aromatic N) is 1. The van der Waals surface area contributed by atoms with Crippen LogP contribution in [0.15, 0.2) is 18.2 Å². The highest BCUT2D eigenvalue weighted by Gasteiger charge is 2.23. The van der Waals surface area contributed by atoms with E-state index in [-0.39, 0.29) is 5.82 Å². The van der Waals surface area contributed by atoms with Crippen molar-refractivity contribution >= 4 is 11.4 Å². The lowest BCUT2D eigenvalue weighted by atomic mass is 10.2. The van der Waals surface area contributed by atoms with Crippen molar-refractivity contribution in [3.8, 4) is 0 Å². The average molecular weight is 194 g/mol. The number of hydrogen-bond acceptors (Lipinski definition) is 2. The molecule has 0 unspecified atom stereocenters. The fourth-order valence-corrected chi connectivity index (χ4v) is 1.61. The van der Waals surface area contributed by atoms with E-state index >= 15 is 0 Å². The zero-order chi connectivity index (χ0) is 10.1. The molecule has 1 aromatic carbocycles. The van der Waals surface area contributed by atoms with Crippen LogP contribution < -0.4 is 10.6 Å². The maximum atomic E-state index is 13.0. The Balaban J connectivity index is 2.12. The lowest BCUT2D eigenvalue weighted by molar-refractivity contribution is 0.627. The van der Waals surface area contributed by atoms with Crippen molar-refractivity contribution in [1.29, 1.82) is 0 Å². The summed E-state index contributed by atoms with van der Waals surface area (Å²) in [5.74, 6) is 0.534. The fraction of sp³-hybridized carbons (Fsp3) is 0.455. The van der Waals surface area contributed by atoms with Gasteiger partial charge in [-0.15, -0.1) is 0 Å². The van der Waals surface area contributed by atoms with Crippen molar-refractivity contribution in [2.75, 3.05) is 24.2 Å². The molecule has 0 aromatic heterocycles. The summed E-state index contributed by atoms with van der Waals surface area (Å²) in [6.07, 6.45) is 2.60. The molecule has 1 saturated carbocycles. The molecular weight excluding hydrogens is 179 g/mol. The molecule has 3 heteroatoms. The molecule has 0 bridgehead atoms. The molecule has 2 rings (SSSR count). The fourth-order valence-electron chi connectivity index (χ4n) is 1.61. The predicted molar refractivity (Wildman–Crippen MR) is 56.8 cm³/mol. The molecular formula is C11H15FN2. The molecule has 0 amide bonds. The maximum absolute atomic E-state index is 13.0. The second-order valence-corrected chi connectivity index (χ2v) is 4.07. The predicted octanol–water partition coefficient (Wildman–Crippen LogP) is 2.25. The minimum Gasteiger partial charge on any atom is -0.399 e. The van der Waals surface area contributed by atoms with Gasteiger partial charge in [-0.2, -0.15) is 0 Å². The molecule has 2 nitrogen and oxygen atoms in total. The molecule has 76 valence electrons. The van der Waals surface area contributed by atoms with Crippen LogP contribution in [0.3, 0.4) is 0 Å². The van der Waals surface area contributed by atoms with Gasteiger partial charge in [-0.3, -0.25) is 0 Å². The molecule has 0 heterocycles. The summed E-state index contributed by atoms with van der Waals surface area (Å²) in [5.41, 5.74) is 6.94. The van der Waals surface area contributed by atoms with Gasteiger partial charge in [0.15, 0.2) is 0 Å². The summed E-state index contributed by atoms with van der Waals surface area (Å²) >= 11 is 0. The van der Waals surface area contributed by atoms with Gasteiger partial charge in [0.2, 0.25) is 0 Å². The first-order chi connectivity index (χ1) is 6.65. The van der Waals surface area contributed by atoms with E-state index in [0.29, 0.717) is 5.69 Å². The van der Waals surface area contributed by atoms with Crippen molar-refractivity contribution in [2.24, 2.45) is 5.92 Å². The number of benzene rings is 1. The third-order valence-electron chi connectivity index (χ3n) is 2.57. The number of rotatable bonds is 3. The lowest BCUT2D eigenvalue weighted by Gasteiger charge is -2.19. The Bertz CT molecular complexity index is 314. The number of hydrogen-bond donors (Lipinski definition) is 1. The lowest BCUT2D eigenvalue weighted by Crippen LogP contribution is -2.20. The van der Waals surface area contributed by atoms with Crippen LogP contribution in [0.5, 0.6) is 0 Å². The molecule has 0 saturated heterocycles. The van der Waals surface area contributed by atoms with Gasteiger partial charge in [-0.1, -0.05) is 0 Å². The zero-order valence-corrected chi connectivity index (χ0v) is 8.33. The van der Waals surface area contributed by atoms with E-state index in [9.17, 15) is 4.39 Å². The van der Waals surface area contributed by atoms with Gasteiger partial charge < -0.3 is 10.6 Å². The minimum absolute atomic E-state index is 0.261. The summed E-state index contributed by atoms with van der Waals surface area (Å²) in [6, 6.07) is 4.68. The molecule has 0 spiro atoms. The van der Waals surface area contributed by atoms with Gasteiger partial charge in [0, 0.05) is 25.0 Å². The summed E-state index contributed by atoms with van der Waals surface area (Å²) in [5, 5.41) is 0. The highest BCUT2D eigenvalue weighted by Crippen LogP contribution is 2.31. The highest BCUT2D eigenvalue weighted by atomic mass is 19.1. The molecule has 0 aliphatic heterocycles. The maximum Gasteiger partial charge on any atom is 0.127 e. The van der Waals surface area contributed by atoms with Crippen molar-refractivity contribution in [3.63, 3.8) is 0 Å². The Labute approximate surface area is 83.5 Å². The van der Waals surface area contributed by atoms with Crippen LogP contribution in [0.2, 0.25) is 0 Å². The van der Waals surface area contributed by atoms with Crippen LogP contribution in [0, 0.1) is 11.7 Å². The van der Waals surface area contributed by atoms with Gasteiger partial charge in [0.05, 0.1) is 0 Å². The van der Waals surface area contributed by atoms with Crippen molar-refractivity contribution in [1.82, 2.24) is 0 Å². The number of nitrogen functional groups attached to an aromatic ring is 1. The second-order valence-electron chi connectivity index (χ2n) is 4.07. The van der Waals surface area contributed by atoms with Crippen LogP contribution in [-0.4, -0.2) is 13.6 Å². The van der Waals surface area contributed by atoms with E-state index in [0.717, 1.165) is 18.2 Å². The first-order valence-electron chi connectivity index (χ1n) is 4.92. The molecule has 0 atom stereocenters. The molecule has 0 radical (unpaired) electrons. The number of halogens is 1. The van der Waals surface area contributed by atoms with E-state index in [2.05, 4.69) is 4.90 Å². The normalized spacial score (nSPS) is 15.6. The van der Waals surface area contributed by atoms with Crippen LogP contribution in [0.25, 0.3) is 0 Å². The first kappa shape index (κ1) is 9.31. The zero-order valence-electron chi connectivity index (χ0n) is 8.33. The van der Waals surface area contributed by atoms with E-state index < -0.39 is 0 Å². The van der Waals surface area contributed by atoms with Gasteiger partial charge >= 0.3 is 0 Å². The summed E-state index contributed by atoms with van der Waals surface area (Å²) in [4.78, 5) is 2.07. The van der Waals surface area contributed by atoms with Crippen LogP contribution in [0.1, 0.15) is 12.8 Å². The van der Waals surface area contributed by atoms with Gasteiger partial charge in [-0.05, 0) is 37.0 Å². The summed E-state index contributed by atoms with van der Waals surface area (Å²) in [7, 11) is 1.98. The number of nitrogens with two attached hydrogens (primary N) is 1. The van der Waals surface area contributed by atoms with E-state index in [1.807, 2.05) is 13.1 Å². The smallest absolute Gasteiger partial charge is 0.127 e. The van der Waals surface area contributed by atoms with Crippen LogP contribution in [0.4, 0.5) is 15.8 Å². The third kappa shape index (κ3) is 2.16. The largest absolute Gasteiger partial charge is 0.399 e. The van der Waals surface area contributed by atoms with Crippen molar-refractivity contribution in [2.45, 2.75) is 12.8 Å². The monoisotopic (exact) mass is 194 g/mol. The molecule has 1 fully saturated rings. The Hall–Kier alpha value is -1.25. The van der Waals surface area contributed by atoms with Gasteiger partial charge in [0.25, 0.3) is 0 Å². The third-order valence-corrected chi connectivity index (χ3v) is 2.57. The average Bonchev–Trinajstić information content (AvgIpc) is 2.86. The van der Waals surface area contributed by atoms with Crippen molar-refractivity contribution < 1.29 is 4.39 Å². The van der Waals surface area contributed by atoms with E-state index in [1.54, 1.807) is 0 Å². The molecule has 1 aliphatic rings. The Morgan fingerprint density at radius 3 is 2.71 bits per heavy atom. The summed E-state index contributed by atoms with van der Waals surface area (Å²) < 4.78 is 13.0. The molecule has 2 N–H and O–H groups in total. The van der Waals surface area contributed by atoms with E-state index in [1.165, 1.54) is 25.0 Å². The topological polar surface area (TPSA) is 29.3 Å². The van der Waals surface area contributed by atoms with Crippen molar-refractivity contribution in [3.05, 3.63) is 24.0 Å². The Morgan fingerprint density at radius 1 is 1.43 bits per heavy atom. The first-order valence-corrected chi connectivity index (χ1v) is 4.92. The Morgan fingerprint density at radius 2 is 2.14 bits per heavy atom. The molecule has 14 heavy (non-hydrogen) atoms. The van der Waals surface area contributed by atoms with Crippen LogP contribution >= 0.6 is 0 Å². The molecule has 1 aromatic rings. The Kier molecular flexibility index (Phi) is 2.32. The van der Waals surface area contributed by atoms with E-state index in [4.69, 9.17) is 5.73 Å².